The summed E-state index contributed by atoms with van der Waals surface area (Å²) >= 11 is 4.96. The molecule has 0 aliphatic heterocycles. The van der Waals surface area contributed by atoms with E-state index in [1.165, 1.54) is 4.90 Å². The molecule has 2 heterocycles. The van der Waals surface area contributed by atoms with Crippen molar-refractivity contribution in [1.29, 1.82) is 0 Å². The number of fused-ring (bicyclic) bond motifs is 1. The Bertz CT molecular complexity index is 1030. The van der Waals surface area contributed by atoms with Gasteiger partial charge in [0.05, 0.1) is 12.1 Å². The highest BCUT2D eigenvalue weighted by Crippen LogP contribution is 2.23. The molecule has 3 N–H and O–H groups in total. The van der Waals surface area contributed by atoms with Crippen LogP contribution in [0.15, 0.2) is 48.8 Å². The van der Waals surface area contributed by atoms with Crippen molar-refractivity contribution in [3.05, 3.63) is 54.4 Å². The van der Waals surface area contributed by atoms with Gasteiger partial charge < -0.3 is 20.1 Å². The number of carboxylic acids is 1. The quantitative estimate of drug-likeness (QED) is 0.635. The van der Waals surface area contributed by atoms with E-state index in [4.69, 9.17) is 23.1 Å². The fourth-order valence-corrected chi connectivity index (χ4v) is 2.79. The Kier molecular flexibility index (Phi) is 5.18. The number of nitrogens with two attached hydrogens (primary N) is 1. The summed E-state index contributed by atoms with van der Waals surface area (Å²) in [5, 5.41) is 8.72. The van der Waals surface area contributed by atoms with Gasteiger partial charge in [0.2, 0.25) is 5.91 Å². The average Bonchev–Trinajstić information content (AvgIpc) is 3.08. The van der Waals surface area contributed by atoms with E-state index in [-0.39, 0.29) is 18.7 Å². The molecule has 7 nitrogen and oxygen atoms in total. The number of aliphatic carboxylic acids is 1. The van der Waals surface area contributed by atoms with Crippen LogP contribution in [0, 0.1) is 0 Å². The van der Waals surface area contributed by atoms with Crippen molar-refractivity contribution in [2.45, 2.75) is 12.8 Å². The van der Waals surface area contributed by atoms with Crippen LogP contribution in [0.4, 0.5) is 5.69 Å². The third kappa shape index (κ3) is 4.12. The molecule has 0 aliphatic carbocycles. The number of thiocarbonyl (C=S) groups is 1. The molecule has 2 aromatic heterocycles. The lowest BCUT2D eigenvalue weighted by molar-refractivity contribution is -0.138. The van der Waals surface area contributed by atoms with Crippen molar-refractivity contribution >= 4 is 40.4 Å². The number of nitrogens with zero attached hydrogens (tertiary/aromatic N) is 3. The summed E-state index contributed by atoms with van der Waals surface area (Å²) in [6.45, 7) is 0. The minimum atomic E-state index is -0.994. The molecule has 0 bridgehead atoms. The van der Waals surface area contributed by atoms with E-state index < -0.39 is 5.97 Å². The number of hydrogen-bond donors (Lipinski definition) is 2. The first kappa shape index (κ1) is 18.5. The molecule has 0 atom stereocenters. The van der Waals surface area contributed by atoms with Crippen LogP contribution in [-0.4, -0.2) is 38.4 Å². The molecule has 0 aliphatic rings. The molecular weight excluding hydrogens is 364 g/mol. The molecule has 0 saturated carbocycles. The van der Waals surface area contributed by atoms with E-state index in [0.717, 1.165) is 16.8 Å². The smallest absolute Gasteiger partial charge is 0.303 e. The van der Waals surface area contributed by atoms with Crippen molar-refractivity contribution < 1.29 is 14.7 Å². The molecule has 0 radical (unpaired) electrons. The van der Waals surface area contributed by atoms with Crippen LogP contribution in [0.3, 0.4) is 0 Å². The predicted molar refractivity (Wildman–Crippen MR) is 107 cm³/mol. The van der Waals surface area contributed by atoms with E-state index in [0.29, 0.717) is 16.3 Å². The SMILES string of the molecule is CN(C(=O)CCC(=O)O)c1ccn2cc(-c3ccc(C(N)=S)cc3)nc2c1. The molecule has 0 unspecified atom stereocenters. The number of pyridine rings is 1. The standard InChI is InChI=1S/C19H18N4O3S/c1-22(17(24)6-7-18(25)26)14-8-9-23-11-15(21-16(23)10-14)12-2-4-13(5-3-12)19(20)27/h2-5,8-11H,6-7H2,1H3,(H2,20,27)(H,25,26). The predicted octanol–water partition coefficient (Wildman–Crippen LogP) is 2.46. The van der Waals surface area contributed by atoms with Crippen molar-refractivity contribution in [2.24, 2.45) is 5.73 Å². The van der Waals surface area contributed by atoms with E-state index in [2.05, 4.69) is 4.98 Å². The molecule has 0 fully saturated rings. The summed E-state index contributed by atoms with van der Waals surface area (Å²) in [5.41, 5.74) is 9.44. The Labute approximate surface area is 161 Å². The largest absolute Gasteiger partial charge is 0.481 e. The fourth-order valence-electron chi connectivity index (χ4n) is 2.65. The first-order valence-corrected chi connectivity index (χ1v) is 8.63. The topological polar surface area (TPSA) is 101 Å². The summed E-state index contributed by atoms with van der Waals surface area (Å²) < 4.78 is 1.86. The molecule has 1 amide bonds. The van der Waals surface area contributed by atoms with Gasteiger partial charge in [-0.05, 0) is 6.07 Å². The number of amides is 1. The molecule has 0 spiro atoms. The van der Waals surface area contributed by atoms with Crippen LogP contribution in [0.5, 0.6) is 0 Å². The van der Waals surface area contributed by atoms with Gasteiger partial charge in [0.25, 0.3) is 0 Å². The zero-order valence-electron chi connectivity index (χ0n) is 14.6. The third-order valence-electron chi connectivity index (χ3n) is 4.22. The van der Waals surface area contributed by atoms with Crippen LogP contribution in [0.1, 0.15) is 18.4 Å². The highest BCUT2D eigenvalue weighted by molar-refractivity contribution is 7.80. The monoisotopic (exact) mass is 382 g/mol. The molecule has 3 aromatic rings. The Balaban J connectivity index is 1.85. The van der Waals surface area contributed by atoms with Gasteiger partial charge in [-0.1, -0.05) is 36.5 Å². The van der Waals surface area contributed by atoms with Crippen LogP contribution in [-0.2, 0) is 9.59 Å². The molecular formula is C19H18N4O3S. The molecule has 27 heavy (non-hydrogen) atoms. The number of anilines is 1. The summed E-state index contributed by atoms with van der Waals surface area (Å²) in [5.74, 6) is -1.26. The van der Waals surface area contributed by atoms with Crippen molar-refractivity contribution in [3.63, 3.8) is 0 Å². The zero-order valence-corrected chi connectivity index (χ0v) is 15.4. The Morgan fingerprint density at radius 2 is 1.93 bits per heavy atom. The van der Waals surface area contributed by atoms with Gasteiger partial charge in [-0.2, -0.15) is 0 Å². The van der Waals surface area contributed by atoms with Crippen LogP contribution < -0.4 is 10.6 Å². The second-order valence-corrected chi connectivity index (χ2v) is 6.50. The number of carbonyl (C=O) groups excluding carboxylic acids is 1. The average molecular weight is 382 g/mol. The molecule has 8 heteroatoms. The van der Waals surface area contributed by atoms with Crippen molar-refractivity contribution in [2.75, 3.05) is 11.9 Å². The lowest BCUT2D eigenvalue weighted by atomic mass is 10.1. The molecule has 3 rings (SSSR count). The maximum atomic E-state index is 12.1. The number of rotatable bonds is 6. The maximum Gasteiger partial charge on any atom is 0.303 e. The maximum absolute atomic E-state index is 12.1. The van der Waals surface area contributed by atoms with Gasteiger partial charge in [-0.25, -0.2) is 4.98 Å². The number of carboxylic acid groups (broad SMARTS) is 1. The number of aromatic nitrogens is 2. The molecule has 0 saturated heterocycles. The molecule has 138 valence electrons. The Morgan fingerprint density at radius 1 is 1.22 bits per heavy atom. The van der Waals surface area contributed by atoms with Crippen molar-refractivity contribution in [3.8, 4) is 11.3 Å². The van der Waals surface area contributed by atoms with Crippen LogP contribution in [0.2, 0.25) is 0 Å². The van der Waals surface area contributed by atoms with Crippen molar-refractivity contribution in [1.82, 2.24) is 9.38 Å². The van der Waals surface area contributed by atoms with Gasteiger partial charge in [0.1, 0.15) is 10.6 Å². The first-order chi connectivity index (χ1) is 12.8. The summed E-state index contributed by atoms with van der Waals surface area (Å²) in [4.78, 5) is 29.1. The lowest BCUT2D eigenvalue weighted by Gasteiger charge is -2.16. The first-order valence-electron chi connectivity index (χ1n) is 8.22. The minimum Gasteiger partial charge on any atom is -0.481 e. The van der Waals surface area contributed by atoms with Crippen LogP contribution >= 0.6 is 12.2 Å². The normalized spacial score (nSPS) is 10.7. The number of benzene rings is 1. The van der Waals surface area contributed by atoms with Gasteiger partial charge in [0, 0.05) is 48.7 Å². The highest BCUT2D eigenvalue weighted by atomic mass is 32.1. The van der Waals surface area contributed by atoms with E-state index in [9.17, 15) is 9.59 Å². The fraction of sp³-hybridized carbons (Fsp3) is 0.158. The summed E-state index contributed by atoms with van der Waals surface area (Å²) in [7, 11) is 1.62. The third-order valence-corrected chi connectivity index (χ3v) is 4.46. The number of carbonyl (C=O) groups is 2. The Morgan fingerprint density at radius 3 is 2.56 bits per heavy atom. The van der Waals surface area contributed by atoms with E-state index in [1.807, 2.05) is 41.1 Å². The van der Waals surface area contributed by atoms with Gasteiger partial charge in [-0.3, -0.25) is 9.59 Å². The second-order valence-electron chi connectivity index (χ2n) is 6.06. The van der Waals surface area contributed by atoms with E-state index in [1.54, 1.807) is 19.2 Å². The van der Waals surface area contributed by atoms with Gasteiger partial charge in [-0.15, -0.1) is 0 Å². The van der Waals surface area contributed by atoms with Gasteiger partial charge in [0.15, 0.2) is 0 Å². The summed E-state index contributed by atoms with van der Waals surface area (Å²) in [6, 6.07) is 11.1. The lowest BCUT2D eigenvalue weighted by Crippen LogP contribution is -2.26. The van der Waals surface area contributed by atoms with E-state index >= 15 is 0 Å². The summed E-state index contributed by atoms with van der Waals surface area (Å²) in [6.07, 6.45) is 3.46. The second kappa shape index (κ2) is 7.55. The zero-order chi connectivity index (χ0) is 19.6. The minimum absolute atomic E-state index is 0.0495. The number of imidazole rings is 1. The van der Waals surface area contributed by atoms with Gasteiger partial charge >= 0.3 is 5.97 Å². The van der Waals surface area contributed by atoms with Crippen LogP contribution in [0.25, 0.3) is 16.9 Å². The molecule has 1 aromatic carbocycles. The Hall–Kier alpha value is -3.26. The number of hydrogen-bond acceptors (Lipinski definition) is 4. The highest BCUT2D eigenvalue weighted by Gasteiger charge is 2.14.